The van der Waals surface area contributed by atoms with Crippen LogP contribution < -0.4 is 10.0 Å². The molecule has 0 bridgehead atoms. The molecule has 2 N–H and O–H groups in total. The molecule has 0 unspecified atom stereocenters. The minimum atomic E-state index is -3.20. The Morgan fingerprint density at radius 2 is 1.89 bits per heavy atom. The van der Waals surface area contributed by atoms with Crippen molar-refractivity contribution in [2.75, 3.05) is 19.3 Å². The van der Waals surface area contributed by atoms with Gasteiger partial charge in [-0.25, -0.2) is 17.5 Å². The first-order valence-corrected chi connectivity index (χ1v) is 8.18. The summed E-state index contributed by atoms with van der Waals surface area (Å²) in [7, 11) is -3.20. The van der Waals surface area contributed by atoms with E-state index in [0.717, 1.165) is 6.26 Å². The first-order valence-electron chi connectivity index (χ1n) is 5.53. The first-order chi connectivity index (χ1) is 8.70. The Labute approximate surface area is 122 Å². The fourth-order valence-electron chi connectivity index (χ4n) is 1.50. The maximum Gasteiger partial charge on any atom is 0.208 e. The van der Waals surface area contributed by atoms with E-state index >= 15 is 0 Å². The molecule has 1 aromatic carbocycles. The van der Waals surface area contributed by atoms with E-state index in [0.29, 0.717) is 17.1 Å². The predicted octanol–water partition coefficient (Wildman–Crippen LogP) is 2.33. The lowest BCUT2D eigenvalue weighted by Crippen LogP contribution is -2.32. The summed E-state index contributed by atoms with van der Waals surface area (Å²) in [6.45, 7) is 2.45. The number of sulfonamides is 1. The molecule has 4 nitrogen and oxygen atoms in total. The maximum atomic E-state index is 13.4. The van der Waals surface area contributed by atoms with Crippen molar-refractivity contribution < 1.29 is 12.8 Å². The highest BCUT2D eigenvalue weighted by Gasteiger charge is 2.13. The van der Waals surface area contributed by atoms with Crippen molar-refractivity contribution >= 4 is 33.2 Å². The van der Waals surface area contributed by atoms with Crippen molar-refractivity contribution in [3.63, 3.8) is 0 Å². The number of halogens is 3. The van der Waals surface area contributed by atoms with Crippen LogP contribution in [0.3, 0.4) is 0 Å². The summed E-state index contributed by atoms with van der Waals surface area (Å²) in [6.07, 6.45) is 1.09. The van der Waals surface area contributed by atoms with Crippen LogP contribution in [0.2, 0.25) is 10.0 Å². The molecule has 0 saturated carbocycles. The van der Waals surface area contributed by atoms with Crippen molar-refractivity contribution in [1.29, 1.82) is 0 Å². The molecule has 0 aliphatic heterocycles. The molecule has 0 fully saturated rings. The van der Waals surface area contributed by atoms with Gasteiger partial charge in [0, 0.05) is 24.2 Å². The van der Waals surface area contributed by atoms with E-state index in [1.54, 1.807) is 6.92 Å². The fraction of sp³-hybridized carbons (Fsp3) is 0.455. The van der Waals surface area contributed by atoms with E-state index in [4.69, 9.17) is 23.2 Å². The van der Waals surface area contributed by atoms with E-state index in [-0.39, 0.29) is 17.6 Å². The predicted molar refractivity (Wildman–Crippen MR) is 75.7 cm³/mol. The summed E-state index contributed by atoms with van der Waals surface area (Å²) >= 11 is 11.6. The number of hydrogen-bond donors (Lipinski definition) is 2. The van der Waals surface area contributed by atoms with Crippen molar-refractivity contribution in [1.82, 2.24) is 10.0 Å². The molecule has 0 spiro atoms. The van der Waals surface area contributed by atoms with Crippen LogP contribution in [-0.4, -0.2) is 27.8 Å². The van der Waals surface area contributed by atoms with Crippen molar-refractivity contribution in [2.45, 2.75) is 13.0 Å². The van der Waals surface area contributed by atoms with Crippen LogP contribution in [-0.2, 0) is 10.0 Å². The molecular formula is C11H15Cl2FN2O2S. The molecule has 0 aromatic heterocycles. The van der Waals surface area contributed by atoms with E-state index in [2.05, 4.69) is 10.0 Å². The van der Waals surface area contributed by atoms with E-state index in [9.17, 15) is 12.8 Å². The second-order valence-electron chi connectivity index (χ2n) is 4.13. The Kier molecular flexibility index (Phi) is 6.01. The normalized spacial score (nSPS) is 13.5. The second kappa shape index (κ2) is 6.85. The lowest BCUT2D eigenvalue weighted by Gasteiger charge is -2.16. The second-order valence-corrected chi connectivity index (χ2v) is 6.78. The standard InChI is InChI=1S/C11H15Cl2FN2O2S/c1-7(15-3-4-16-19(2,17)18)8-5-11(14)10(13)6-9(8)12/h5-7,15-16H,3-4H2,1-2H3/t7-/m1/s1. The van der Waals surface area contributed by atoms with Gasteiger partial charge in [-0.2, -0.15) is 0 Å². The third-order valence-electron chi connectivity index (χ3n) is 2.45. The highest BCUT2D eigenvalue weighted by atomic mass is 35.5. The molecule has 1 rings (SSSR count). The molecule has 0 heterocycles. The molecule has 1 atom stereocenters. The van der Waals surface area contributed by atoms with Gasteiger partial charge in [0.2, 0.25) is 10.0 Å². The van der Waals surface area contributed by atoms with Crippen molar-refractivity contribution in [3.05, 3.63) is 33.6 Å². The molecule has 0 saturated heterocycles. The van der Waals surface area contributed by atoms with Gasteiger partial charge in [0.1, 0.15) is 5.82 Å². The molecule has 19 heavy (non-hydrogen) atoms. The molecule has 1 aromatic rings. The topological polar surface area (TPSA) is 58.2 Å². The summed E-state index contributed by atoms with van der Waals surface area (Å²) in [5, 5.41) is 3.37. The zero-order chi connectivity index (χ0) is 14.6. The molecule has 108 valence electrons. The highest BCUT2D eigenvalue weighted by molar-refractivity contribution is 7.88. The zero-order valence-corrected chi connectivity index (χ0v) is 12.8. The van der Waals surface area contributed by atoms with Crippen LogP contribution in [0.1, 0.15) is 18.5 Å². The Balaban J connectivity index is 2.59. The monoisotopic (exact) mass is 328 g/mol. The Bertz CT molecular complexity index is 552. The quantitative estimate of drug-likeness (QED) is 0.622. The summed E-state index contributed by atoms with van der Waals surface area (Å²) in [5.41, 5.74) is 0.572. The minimum Gasteiger partial charge on any atom is -0.309 e. The Hall–Kier alpha value is -0.400. The van der Waals surface area contributed by atoms with Crippen LogP contribution in [0, 0.1) is 5.82 Å². The van der Waals surface area contributed by atoms with Crippen LogP contribution in [0.5, 0.6) is 0 Å². The van der Waals surface area contributed by atoms with Crippen molar-refractivity contribution in [3.8, 4) is 0 Å². The van der Waals surface area contributed by atoms with E-state index in [1.165, 1.54) is 12.1 Å². The summed E-state index contributed by atoms with van der Waals surface area (Å²) in [6, 6.07) is 2.40. The maximum absolute atomic E-state index is 13.4. The first kappa shape index (κ1) is 16.7. The summed E-state index contributed by atoms with van der Waals surface area (Å²) in [5.74, 6) is -0.538. The molecule has 0 aliphatic carbocycles. The van der Waals surface area contributed by atoms with Gasteiger partial charge >= 0.3 is 0 Å². The highest BCUT2D eigenvalue weighted by Crippen LogP contribution is 2.28. The van der Waals surface area contributed by atoms with Gasteiger partial charge in [0.05, 0.1) is 11.3 Å². The third-order valence-corrected chi connectivity index (χ3v) is 3.79. The van der Waals surface area contributed by atoms with Crippen LogP contribution >= 0.6 is 23.2 Å². The van der Waals surface area contributed by atoms with E-state index < -0.39 is 15.8 Å². The van der Waals surface area contributed by atoms with Crippen LogP contribution in [0.25, 0.3) is 0 Å². The summed E-state index contributed by atoms with van der Waals surface area (Å²) < 4.78 is 37.4. The SMILES string of the molecule is C[C@@H](NCCNS(C)(=O)=O)c1cc(F)c(Cl)cc1Cl. The van der Waals surface area contributed by atoms with Gasteiger partial charge in [0.15, 0.2) is 0 Å². The third kappa shape index (κ3) is 5.62. The van der Waals surface area contributed by atoms with E-state index in [1.807, 2.05) is 0 Å². The van der Waals surface area contributed by atoms with Crippen molar-refractivity contribution in [2.24, 2.45) is 0 Å². The molecule has 8 heteroatoms. The lowest BCUT2D eigenvalue weighted by molar-refractivity contribution is 0.552. The molecule has 0 aliphatic rings. The molecule has 0 amide bonds. The van der Waals surface area contributed by atoms with Crippen LogP contribution in [0.4, 0.5) is 4.39 Å². The van der Waals surface area contributed by atoms with Gasteiger partial charge in [-0.3, -0.25) is 0 Å². The number of benzene rings is 1. The number of nitrogens with one attached hydrogen (secondary N) is 2. The zero-order valence-electron chi connectivity index (χ0n) is 10.5. The van der Waals surface area contributed by atoms with Gasteiger partial charge in [0.25, 0.3) is 0 Å². The lowest BCUT2D eigenvalue weighted by atomic mass is 10.1. The Morgan fingerprint density at radius 1 is 1.26 bits per heavy atom. The minimum absolute atomic E-state index is 0.0281. The smallest absolute Gasteiger partial charge is 0.208 e. The van der Waals surface area contributed by atoms with Crippen LogP contribution in [0.15, 0.2) is 12.1 Å². The average Bonchev–Trinajstić information content (AvgIpc) is 2.28. The largest absolute Gasteiger partial charge is 0.309 e. The van der Waals surface area contributed by atoms with Gasteiger partial charge < -0.3 is 5.32 Å². The number of rotatable bonds is 6. The van der Waals surface area contributed by atoms with Gasteiger partial charge in [-0.05, 0) is 24.6 Å². The average molecular weight is 329 g/mol. The summed E-state index contributed by atoms with van der Waals surface area (Å²) in [4.78, 5) is 0. The molecule has 0 radical (unpaired) electrons. The fourth-order valence-corrected chi connectivity index (χ4v) is 2.52. The Morgan fingerprint density at radius 3 is 2.47 bits per heavy atom. The molecular weight excluding hydrogens is 314 g/mol. The van der Waals surface area contributed by atoms with Gasteiger partial charge in [-0.1, -0.05) is 23.2 Å². The van der Waals surface area contributed by atoms with Gasteiger partial charge in [-0.15, -0.1) is 0 Å². The number of hydrogen-bond acceptors (Lipinski definition) is 3.